The van der Waals surface area contributed by atoms with Gasteiger partial charge in [0.1, 0.15) is 12.8 Å². The van der Waals surface area contributed by atoms with E-state index in [1.165, 1.54) is 11.0 Å². The molecule has 0 aliphatic heterocycles. The van der Waals surface area contributed by atoms with E-state index in [0.29, 0.717) is 0 Å². The Morgan fingerprint density at radius 1 is 1.14 bits per heavy atom. The van der Waals surface area contributed by atoms with Crippen molar-refractivity contribution in [3.05, 3.63) is 42.1 Å². The molecule has 0 atom stereocenters. The van der Waals surface area contributed by atoms with Crippen LogP contribution < -0.4 is 5.46 Å². The lowest BCUT2D eigenvalue weighted by molar-refractivity contribution is 1.04. The van der Waals surface area contributed by atoms with Gasteiger partial charge < -0.3 is 0 Å². The first-order chi connectivity index (χ1) is 10.3. The summed E-state index contributed by atoms with van der Waals surface area (Å²) in [5, 5.41) is 9.59. The van der Waals surface area contributed by atoms with Gasteiger partial charge in [0.05, 0.1) is 32.0 Å². The maximum absolute atomic E-state index is 4.84. The number of aryl methyl sites for hydroxylation is 1. The molecule has 4 aromatic rings. The Labute approximate surface area is 124 Å². The SMILES string of the molecule is BBBc1c(C)c2ccnnc2n2c1nc1ccccc12. The molecule has 0 spiro atoms. The molecule has 0 N–H and O–H groups in total. The minimum Gasteiger partial charge on any atom is -0.275 e. The normalized spacial score (nSPS) is 11.3. The molecule has 4 nitrogen and oxygen atoms in total. The molecule has 0 radical (unpaired) electrons. The van der Waals surface area contributed by atoms with Gasteiger partial charge in [0.25, 0.3) is 0 Å². The Kier molecular flexibility index (Phi) is 2.74. The summed E-state index contributed by atoms with van der Waals surface area (Å²) in [7, 11) is 4.33. The standard InChI is InChI=1S/C14H13B3N4/c1-8-9-6-7-18-20-13(9)21-11-5-3-2-4-10(11)19-14(21)12(8)16-17-15/h2-7,16-17H,15H2,1H3. The van der Waals surface area contributed by atoms with E-state index in [4.69, 9.17) is 4.98 Å². The lowest BCUT2D eigenvalue weighted by Gasteiger charge is -2.11. The molecule has 3 aromatic heterocycles. The Morgan fingerprint density at radius 3 is 2.86 bits per heavy atom. The van der Waals surface area contributed by atoms with Crippen LogP contribution in [0.2, 0.25) is 0 Å². The molecule has 1 aromatic carbocycles. The molecular weight excluding hydrogens is 257 g/mol. The number of pyridine rings is 1. The maximum atomic E-state index is 4.84. The Balaban J connectivity index is 2.32. The van der Waals surface area contributed by atoms with Crippen molar-refractivity contribution < 1.29 is 0 Å². The monoisotopic (exact) mass is 270 g/mol. The van der Waals surface area contributed by atoms with Crippen LogP contribution in [0.5, 0.6) is 0 Å². The second-order valence-electron chi connectivity index (χ2n) is 5.38. The first-order valence-corrected chi connectivity index (χ1v) is 7.31. The third kappa shape index (κ3) is 1.70. The lowest BCUT2D eigenvalue weighted by atomic mass is 9.26. The summed E-state index contributed by atoms with van der Waals surface area (Å²) in [5.74, 6) is 0. The number of aromatic nitrogens is 4. The van der Waals surface area contributed by atoms with E-state index in [2.05, 4.69) is 41.4 Å². The van der Waals surface area contributed by atoms with Crippen LogP contribution in [-0.2, 0) is 0 Å². The third-order valence-electron chi connectivity index (χ3n) is 4.10. The first-order valence-electron chi connectivity index (χ1n) is 7.31. The van der Waals surface area contributed by atoms with Gasteiger partial charge in [-0.1, -0.05) is 12.1 Å². The summed E-state index contributed by atoms with van der Waals surface area (Å²) in [6.07, 6.45) is 1.76. The van der Waals surface area contributed by atoms with Crippen molar-refractivity contribution in [2.24, 2.45) is 0 Å². The quantitative estimate of drug-likeness (QED) is 0.470. The van der Waals surface area contributed by atoms with Crippen molar-refractivity contribution in [2.45, 2.75) is 6.92 Å². The van der Waals surface area contributed by atoms with Crippen LogP contribution in [-0.4, -0.2) is 41.6 Å². The average molecular weight is 270 g/mol. The van der Waals surface area contributed by atoms with Gasteiger partial charge in [0.15, 0.2) is 5.65 Å². The van der Waals surface area contributed by atoms with Crippen molar-refractivity contribution in [2.75, 3.05) is 0 Å². The minimum atomic E-state index is 0.888. The number of hydrogen-bond donors (Lipinski definition) is 0. The molecule has 0 saturated carbocycles. The number of nitrogens with zero attached hydrogens (tertiary/aromatic N) is 4. The number of benzene rings is 1. The highest BCUT2D eigenvalue weighted by atomic mass is 15.2. The molecule has 0 amide bonds. The molecule has 0 saturated heterocycles. The predicted octanol–water partition coefficient (Wildman–Crippen LogP) is -0.299. The molecule has 98 valence electrons. The Morgan fingerprint density at radius 2 is 2.00 bits per heavy atom. The number of hydrogen-bond acceptors (Lipinski definition) is 3. The second kappa shape index (κ2) is 4.62. The van der Waals surface area contributed by atoms with Gasteiger partial charge in [-0.3, -0.25) is 4.40 Å². The minimum absolute atomic E-state index is 0.888. The van der Waals surface area contributed by atoms with Crippen molar-refractivity contribution in [3.8, 4) is 0 Å². The first kappa shape index (κ1) is 12.4. The molecule has 21 heavy (non-hydrogen) atoms. The molecular formula is C14H13B3N4. The van der Waals surface area contributed by atoms with Crippen LogP contribution in [0.15, 0.2) is 36.5 Å². The van der Waals surface area contributed by atoms with E-state index in [-0.39, 0.29) is 0 Å². The number of fused-ring (bicyclic) bond motifs is 5. The fourth-order valence-corrected chi connectivity index (χ4v) is 3.10. The van der Waals surface area contributed by atoms with Gasteiger partial charge in [-0.15, -0.1) is 5.10 Å². The van der Waals surface area contributed by atoms with Crippen LogP contribution in [0.25, 0.3) is 27.7 Å². The molecule has 0 aliphatic rings. The van der Waals surface area contributed by atoms with E-state index < -0.39 is 0 Å². The van der Waals surface area contributed by atoms with Crippen LogP contribution >= 0.6 is 0 Å². The molecule has 4 rings (SSSR count). The van der Waals surface area contributed by atoms with E-state index in [0.717, 1.165) is 41.9 Å². The lowest BCUT2D eigenvalue weighted by Crippen LogP contribution is -2.27. The van der Waals surface area contributed by atoms with E-state index in [1.807, 2.05) is 18.2 Å². The van der Waals surface area contributed by atoms with E-state index in [9.17, 15) is 0 Å². The third-order valence-corrected chi connectivity index (χ3v) is 4.10. The predicted molar refractivity (Wildman–Crippen MR) is 93.0 cm³/mol. The van der Waals surface area contributed by atoms with Gasteiger partial charge >= 0.3 is 0 Å². The fraction of sp³-hybridized carbons (Fsp3) is 0.0714. The largest absolute Gasteiger partial charge is 0.275 e. The summed E-state index contributed by atoms with van der Waals surface area (Å²) in [5.41, 5.74) is 6.59. The van der Waals surface area contributed by atoms with Gasteiger partial charge in [0.2, 0.25) is 0 Å². The summed E-state index contributed by atoms with van der Waals surface area (Å²) in [6.45, 7) is 2.16. The topological polar surface area (TPSA) is 43.1 Å². The van der Waals surface area contributed by atoms with Crippen LogP contribution in [0.4, 0.5) is 0 Å². The zero-order chi connectivity index (χ0) is 14.4. The number of imidazole rings is 1. The Hall–Kier alpha value is -2.30. The molecule has 7 heteroatoms. The summed E-state index contributed by atoms with van der Waals surface area (Å²) < 4.78 is 2.15. The van der Waals surface area contributed by atoms with Crippen molar-refractivity contribution in [1.29, 1.82) is 0 Å². The van der Waals surface area contributed by atoms with Crippen LogP contribution in [0.3, 0.4) is 0 Å². The highest BCUT2D eigenvalue weighted by Crippen LogP contribution is 2.22. The smallest absolute Gasteiger partial charge is 0.169 e. The van der Waals surface area contributed by atoms with Gasteiger partial charge in [-0.2, -0.15) is 5.10 Å². The van der Waals surface area contributed by atoms with Crippen molar-refractivity contribution in [3.63, 3.8) is 0 Å². The van der Waals surface area contributed by atoms with Crippen LogP contribution in [0, 0.1) is 6.92 Å². The second-order valence-corrected chi connectivity index (χ2v) is 5.38. The van der Waals surface area contributed by atoms with Crippen molar-refractivity contribution in [1.82, 2.24) is 19.6 Å². The van der Waals surface area contributed by atoms with Crippen LogP contribution in [0.1, 0.15) is 5.56 Å². The molecule has 0 bridgehead atoms. The van der Waals surface area contributed by atoms with Gasteiger partial charge in [-0.05, 0) is 36.1 Å². The fourth-order valence-electron chi connectivity index (χ4n) is 3.10. The molecule has 0 unspecified atom stereocenters. The number of rotatable bonds is 2. The average Bonchev–Trinajstić information content (AvgIpc) is 2.91. The van der Waals surface area contributed by atoms with Gasteiger partial charge in [-0.25, -0.2) is 4.98 Å². The van der Waals surface area contributed by atoms with E-state index >= 15 is 0 Å². The number of para-hydroxylation sites is 2. The van der Waals surface area contributed by atoms with E-state index in [1.54, 1.807) is 6.20 Å². The zero-order valence-corrected chi connectivity index (χ0v) is 12.2. The maximum Gasteiger partial charge on any atom is 0.169 e. The molecule has 3 heterocycles. The summed E-state index contributed by atoms with van der Waals surface area (Å²) in [6, 6.07) is 10.3. The summed E-state index contributed by atoms with van der Waals surface area (Å²) in [4.78, 5) is 4.84. The molecule has 0 fully saturated rings. The zero-order valence-electron chi connectivity index (χ0n) is 12.2. The molecule has 0 aliphatic carbocycles. The highest BCUT2D eigenvalue weighted by Gasteiger charge is 2.16. The van der Waals surface area contributed by atoms with Crippen molar-refractivity contribution >= 4 is 55.1 Å². The highest BCUT2D eigenvalue weighted by molar-refractivity contribution is 7.28. The van der Waals surface area contributed by atoms with Gasteiger partial charge in [0, 0.05) is 5.39 Å². The summed E-state index contributed by atoms with van der Waals surface area (Å²) >= 11 is 0. The Bertz CT molecular complexity index is 980.